The molecule has 1 fully saturated rings. The maximum absolute atomic E-state index is 12.9. The van der Waals surface area contributed by atoms with Crippen LogP contribution in [0.15, 0.2) is 42.5 Å². The molecule has 0 saturated heterocycles. The van der Waals surface area contributed by atoms with Crippen LogP contribution in [0.1, 0.15) is 49.4 Å². The lowest BCUT2D eigenvalue weighted by Gasteiger charge is -2.24. The van der Waals surface area contributed by atoms with Gasteiger partial charge in [-0.25, -0.2) is 8.42 Å². The molecule has 31 heavy (non-hydrogen) atoms. The number of amides is 2. The molecule has 8 nitrogen and oxygen atoms in total. The topological polar surface area (TPSA) is 116 Å². The van der Waals surface area contributed by atoms with E-state index in [0.29, 0.717) is 17.4 Å². The number of benzene rings is 2. The summed E-state index contributed by atoms with van der Waals surface area (Å²) in [5.74, 6) is -0.789. The van der Waals surface area contributed by atoms with Crippen molar-refractivity contribution in [2.24, 2.45) is 0 Å². The highest BCUT2D eigenvalue weighted by atomic mass is 32.2. The van der Waals surface area contributed by atoms with Gasteiger partial charge in [-0.3, -0.25) is 14.3 Å². The van der Waals surface area contributed by atoms with Crippen LogP contribution in [0.5, 0.6) is 0 Å². The summed E-state index contributed by atoms with van der Waals surface area (Å²) in [7, 11) is -3.59. The van der Waals surface area contributed by atoms with Crippen LogP contribution in [-0.2, 0) is 14.8 Å². The van der Waals surface area contributed by atoms with E-state index < -0.39 is 15.9 Å². The molecular formula is C22H28N4O4S. The van der Waals surface area contributed by atoms with Gasteiger partial charge in [-0.1, -0.05) is 19.3 Å². The van der Waals surface area contributed by atoms with E-state index in [1.807, 2.05) is 12.1 Å². The third-order valence-corrected chi connectivity index (χ3v) is 5.59. The summed E-state index contributed by atoms with van der Waals surface area (Å²) >= 11 is 0. The van der Waals surface area contributed by atoms with Crippen molar-refractivity contribution in [2.45, 2.75) is 45.1 Å². The second-order valence-corrected chi connectivity index (χ2v) is 9.57. The normalized spacial score (nSPS) is 14.5. The highest BCUT2D eigenvalue weighted by Gasteiger charge is 2.17. The van der Waals surface area contributed by atoms with E-state index in [9.17, 15) is 18.0 Å². The predicted molar refractivity (Wildman–Crippen MR) is 124 cm³/mol. The zero-order valence-electron chi connectivity index (χ0n) is 17.7. The lowest BCUT2D eigenvalue weighted by molar-refractivity contribution is -0.114. The van der Waals surface area contributed by atoms with Crippen molar-refractivity contribution in [2.75, 3.05) is 26.9 Å². The fourth-order valence-corrected chi connectivity index (χ4v) is 4.21. The zero-order valence-corrected chi connectivity index (χ0v) is 18.5. The van der Waals surface area contributed by atoms with E-state index in [1.165, 1.54) is 57.2 Å². The first-order chi connectivity index (χ1) is 14.7. The average molecular weight is 445 g/mol. The van der Waals surface area contributed by atoms with Crippen molar-refractivity contribution in [3.05, 3.63) is 48.0 Å². The smallest absolute Gasteiger partial charge is 0.257 e. The van der Waals surface area contributed by atoms with E-state index >= 15 is 0 Å². The van der Waals surface area contributed by atoms with Crippen molar-refractivity contribution in [1.29, 1.82) is 0 Å². The molecule has 2 aromatic carbocycles. The van der Waals surface area contributed by atoms with Crippen LogP contribution in [0.2, 0.25) is 0 Å². The molecule has 1 aliphatic rings. The maximum Gasteiger partial charge on any atom is 0.257 e. The number of nitrogens with one attached hydrogen (secondary N) is 4. The highest BCUT2D eigenvalue weighted by molar-refractivity contribution is 7.92. The van der Waals surface area contributed by atoms with Gasteiger partial charge in [0.1, 0.15) is 0 Å². The molecule has 4 N–H and O–H groups in total. The first-order valence-electron chi connectivity index (χ1n) is 10.3. The molecule has 0 heterocycles. The van der Waals surface area contributed by atoms with Crippen LogP contribution in [0.25, 0.3) is 0 Å². The second kappa shape index (κ2) is 9.82. The number of hydrogen-bond acceptors (Lipinski definition) is 5. The van der Waals surface area contributed by atoms with Gasteiger partial charge in [0.05, 0.1) is 17.5 Å². The largest absolute Gasteiger partial charge is 0.382 e. The third kappa shape index (κ3) is 6.99. The van der Waals surface area contributed by atoms with E-state index in [1.54, 1.807) is 12.1 Å². The lowest BCUT2D eigenvalue weighted by atomic mass is 9.95. The Morgan fingerprint density at radius 1 is 0.871 bits per heavy atom. The quantitative estimate of drug-likeness (QED) is 0.515. The SMILES string of the molecule is CC(=O)Nc1ccc(NS(C)(=O)=O)c(C(=O)Nc2ccc(NC3CCCCC3)cc2)c1. The zero-order chi connectivity index (χ0) is 22.4. The van der Waals surface area contributed by atoms with E-state index in [4.69, 9.17) is 0 Å². The molecule has 0 aliphatic heterocycles. The van der Waals surface area contributed by atoms with Crippen molar-refractivity contribution >= 4 is 44.6 Å². The Bertz CT molecular complexity index is 1050. The Hall–Kier alpha value is -3.07. The molecule has 1 aliphatic carbocycles. The van der Waals surface area contributed by atoms with Crippen LogP contribution in [0.4, 0.5) is 22.7 Å². The van der Waals surface area contributed by atoms with Crippen LogP contribution >= 0.6 is 0 Å². The minimum Gasteiger partial charge on any atom is -0.382 e. The van der Waals surface area contributed by atoms with Gasteiger partial charge >= 0.3 is 0 Å². The van der Waals surface area contributed by atoms with E-state index in [2.05, 4.69) is 20.7 Å². The summed E-state index contributed by atoms with van der Waals surface area (Å²) in [5.41, 5.74) is 2.20. The van der Waals surface area contributed by atoms with Crippen molar-refractivity contribution in [3.63, 3.8) is 0 Å². The molecular weight excluding hydrogens is 416 g/mol. The standard InChI is InChI=1S/C22H28N4O4S/c1-15(27)23-19-12-13-21(26-31(2,29)30)20(14-19)22(28)25-18-10-8-17(9-11-18)24-16-6-4-3-5-7-16/h8-14,16,24,26H,3-7H2,1-2H3,(H,23,27)(H,25,28). The second-order valence-electron chi connectivity index (χ2n) is 7.83. The van der Waals surface area contributed by atoms with E-state index in [-0.39, 0.29) is 17.2 Å². The minimum absolute atomic E-state index is 0.0982. The number of carbonyl (C=O) groups is 2. The Labute approximate surface area is 182 Å². The fourth-order valence-electron chi connectivity index (χ4n) is 3.63. The molecule has 2 aromatic rings. The van der Waals surface area contributed by atoms with Gasteiger partial charge in [-0.05, 0) is 55.3 Å². The van der Waals surface area contributed by atoms with Crippen LogP contribution in [-0.4, -0.2) is 32.5 Å². The number of sulfonamides is 1. The van der Waals surface area contributed by atoms with Crippen LogP contribution in [0.3, 0.4) is 0 Å². The number of hydrogen-bond donors (Lipinski definition) is 4. The van der Waals surface area contributed by atoms with Crippen molar-refractivity contribution in [3.8, 4) is 0 Å². The Kier molecular flexibility index (Phi) is 7.17. The average Bonchev–Trinajstić information content (AvgIpc) is 2.70. The minimum atomic E-state index is -3.59. The summed E-state index contributed by atoms with van der Waals surface area (Å²) in [4.78, 5) is 24.2. The summed E-state index contributed by atoms with van der Waals surface area (Å²) in [6.45, 7) is 1.35. The molecule has 2 amide bonds. The molecule has 0 bridgehead atoms. The monoisotopic (exact) mass is 444 g/mol. The maximum atomic E-state index is 12.9. The lowest BCUT2D eigenvalue weighted by Crippen LogP contribution is -2.22. The molecule has 9 heteroatoms. The van der Waals surface area contributed by atoms with Gasteiger partial charge in [-0.15, -0.1) is 0 Å². The molecule has 0 aromatic heterocycles. The van der Waals surface area contributed by atoms with Gasteiger partial charge < -0.3 is 16.0 Å². The fraction of sp³-hybridized carbons (Fsp3) is 0.364. The molecule has 166 valence electrons. The van der Waals surface area contributed by atoms with Gasteiger partial charge in [-0.2, -0.15) is 0 Å². The van der Waals surface area contributed by atoms with Gasteiger partial charge in [0.25, 0.3) is 5.91 Å². The van der Waals surface area contributed by atoms with Gasteiger partial charge in [0, 0.05) is 30.0 Å². The summed E-state index contributed by atoms with van der Waals surface area (Å²) in [6.07, 6.45) is 7.12. The summed E-state index contributed by atoms with van der Waals surface area (Å²) in [5, 5.41) is 8.90. The van der Waals surface area contributed by atoms with Crippen molar-refractivity contribution in [1.82, 2.24) is 0 Å². The van der Waals surface area contributed by atoms with Crippen molar-refractivity contribution < 1.29 is 18.0 Å². The first-order valence-corrected chi connectivity index (χ1v) is 12.2. The third-order valence-electron chi connectivity index (χ3n) is 5.00. The molecule has 0 atom stereocenters. The highest BCUT2D eigenvalue weighted by Crippen LogP contribution is 2.25. The summed E-state index contributed by atoms with van der Waals surface area (Å²) < 4.78 is 25.7. The van der Waals surface area contributed by atoms with E-state index in [0.717, 1.165) is 11.9 Å². The number of rotatable bonds is 7. The number of anilines is 4. The summed E-state index contributed by atoms with van der Waals surface area (Å²) in [6, 6.07) is 12.3. The van der Waals surface area contributed by atoms with Gasteiger partial charge in [0.15, 0.2) is 0 Å². The Morgan fingerprint density at radius 2 is 1.48 bits per heavy atom. The molecule has 0 unspecified atom stereocenters. The van der Waals surface area contributed by atoms with Crippen LogP contribution in [0, 0.1) is 0 Å². The molecule has 3 rings (SSSR count). The van der Waals surface area contributed by atoms with Crippen LogP contribution < -0.4 is 20.7 Å². The van der Waals surface area contributed by atoms with Gasteiger partial charge in [0.2, 0.25) is 15.9 Å². The predicted octanol–water partition coefficient (Wildman–Crippen LogP) is 4.01. The number of carbonyl (C=O) groups excluding carboxylic acids is 2. The first kappa shape index (κ1) is 22.6. The Balaban J connectivity index is 1.75. The Morgan fingerprint density at radius 3 is 2.10 bits per heavy atom. The molecule has 0 radical (unpaired) electrons. The molecule has 0 spiro atoms. The molecule has 1 saturated carbocycles.